The van der Waals surface area contributed by atoms with Gasteiger partial charge in [0.15, 0.2) is 12.2 Å². The Morgan fingerprint density at radius 2 is 0.608 bits per heavy atom. The molecule has 0 saturated heterocycles. The molecule has 79 heavy (non-hydrogen) atoms. The van der Waals surface area contributed by atoms with E-state index >= 15 is 0 Å². The molecule has 0 radical (unpaired) electrons. The molecule has 0 aromatic carbocycles. The number of esters is 4. The normalized spacial score (nSPS) is 15.3. The predicted octanol–water partition coefficient (Wildman–Crippen LogP) is 15.8. The van der Waals surface area contributed by atoms with Crippen molar-refractivity contribution < 1.29 is 80.2 Å². The number of phosphoric ester groups is 2. The van der Waals surface area contributed by atoms with Gasteiger partial charge in [-0.25, -0.2) is 9.13 Å². The average Bonchev–Trinajstić information content (AvgIpc) is 3.40. The quantitative estimate of drug-likeness (QED) is 0.0222. The van der Waals surface area contributed by atoms with Gasteiger partial charge in [-0.1, -0.05) is 229 Å². The van der Waals surface area contributed by atoms with Gasteiger partial charge >= 0.3 is 39.5 Å². The standard InChI is InChI=1S/C60H116O17P2/c1-9-52(7)38-30-22-15-18-25-33-41-58(63)71-47-56(76-59(64)42-34-26-17-14-21-29-37-51(5)6)49-75-79(68,69)73-45-54(61)44-72-78(66,67)74-48-55(77-60(65)43-35-27-19-16-23-31-39-53(8)10-2)46-70-57(62)40-32-24-13-11-12-20-28-36-50(3)4/h50-56,61H,9-49H2,1-8H3,(H,66,67)(H,68,69)/t52?,53?,54-,55-,56-/m1/s1. The van der Waals surface area contributed by atoms with Crippen LogP contribution in [0.15, 0.2) is 0 Å². The maximum Gasteiger partial charge on any atom is 0.472 e. The van der Waals surface area contributed by atoms with Crippen molar-refractivity contribution in [3.05, 3.63) is 0 Å². The zero-order valence-electron chi connectivity index (χ0n) is 51.0. The van der Waals surface area contributed by atoms with Crippen LogP contribution in [0.25, 0.3) is 0 Å². The number of carbonyl (C=O) groups is 4. The van der Waals surface area contributed by atoms with Crippen molar-refractivity contribution in [3.8, 4) is 0 Å². The highest BCUT2D eigenvalue weighted by Crippen LogP contribution is 2.45. The number of ether oxygens (including phenoxy) is 4. The molecule has 0 aromatic rings. The first-order valence-electron chi connectivity index (χ1n) is 31.3. The second-order valence-electron chi connectivity index (χ2n) is 23.2. The summed E-state index contributed by atoms with van der Waals surface area (Å²) in [4.78, 5) is 71.9. The largest absolute Gasteiger partial charge is 0.472 e. The number of hydrogen-bond acceptors (Lipinski definition) is 15. The third-order valence-electron chi connectivity index (χ3n) is 14.3. The fraction of sp³-hybridized carbons (Fsp3) is 0.933. The summed E-state index contributed by atoms with van der Waals surface area (Å²) in [6.45, 7) is 13.8. The first-order valence-corrected chi connectivity index (χ1v) is 34.3. The van der Waals surface area contributed by atoms with Crippen LogP contribution in [0.1, 0.15) is 280 Å². The number of aliphatic hydroxyl groups is 1. The summed E-state index contributed by atoms with van der Waals surface area (Å²) in [5, 5.41) is 10.5. The van der Waals surface area contributed by atoms with Crippen LogP contribution in [-0.2, 0) is 65.4 Å². The lowest BCUT2D eigenvalue weighted by Gasteiger charge is -2.21. The Balaban J connectivity index is 5.26. The van der Waals surface area contributed by atoms with Crippen LogP contribution in [0.3, 0.4) is 0 Å². The van der Waals surface area contributed by atoms with Crippen molar-refractivity contribution in [1.82, 2.24) is 0 Å². The van der Waals surface area contributed by atoms with Crippen LogP contribution in [0, 0.1) is 23.7 Å². The summed E-state index contributed by atoms with van der Waals surface area (Å²) in [5.74, 6) is 0.673. The van der Waals surface area contributed by atoms with Gasteiger partial charge in [0.2, 0.25) is 0 Å². The van der Waals surface area contributed by atoms with Gasteiger partial charge < -0.3 is 33.8 Å². The zero-order valence-corrected chi connectivity index (χ0v) is 52.8. The first-order chi connectivity index (χ1) is 37.7. The third kappa shape index (κ3) is 52.6. The molecule has 17 nitrogen and oxygen atoms in total. The van der Waals surface area contributed by atoms with E-state index in [2.05, 4.69) is 55.4 Å². The Labute approximate surface area is 479 Å². The lowest BCUT2D eigenvalue weighted by molar-refractivity contribution is -0.161. The molecule has 468 valence electrons. The van der Waals surface area contributed by atoms with Gasteiger partial charge in [-0.15, -0.1) is 0 Å². The number of hydrogen-bond donors (Lipinski definition) is 3. The second kappa shape index (κ2) is 50.6. The van der Waals surface area contributed by atoms with E-state index in [9.17, 15) is 43.2 Å². The SMILES string of the molecule is CCC(C)CCCCCCCCC(=O)OC[C@H](COP(=O)(O)OC[C@H](O)COP(=O)(O)OC[C@@H](COC(=O)CCCCCCCCCC(C)C)OC(=O)CCCCCCCCC(C)CC)OC(=O)CCCCCCCCC(C)C. The Bertz CT molecular complexity index is 1600. The average molecular weight is 1170 g/mol. The van der Waals surface area contributed by atoms with Crippen molar-refractivity contribution in [3.63, 3.8) is 0 Å². The number of aliphatic hydroxyl groups excluding tert-OH is 1. The maximum absolute atomic E-state index is 12.9. The summed E-state index contributed by atoms with van der Waals surface area (Å²) < 4.78 is 67.7. The minimum atomic E-state index is -4.94. The smallest absolute Gasteiger partial charge is 0.462 e. The molecule has 0 aromatic heterocycles. The first kappa shape index (κ1) is 77.1. The van der Waals surface area contributed by atoms with Crippen LogP contribution in [0.4, 0.5) is 0 Å². The fourth-order valence-corrected chi connectivity index (χ4v) is 10.2. The van der Waals surface area contributed by atoms with Crippen molar-refractivity contribution in [2.75, 3.05) is 39.6 Å². The number of phosphoric acid groups is 2. The van der Waals surface area contributed by atoms with Gasteiger partial charge in [0, 0.05) is 25.7 Å². The molecule has 0 fully saturated rings. The molecule has 0 aliphatic rings. The molecule has 7 atom stereocenters. The van der Waals surface area contributed by atoms with E-state index in [-0.39, 0.29) is 25.7 Å². The summed E-state index contributed by atoms with van der Waals surface area (Å²) in [6.07, 6.45) is 28.3. The highest BCUT2D eigenvalue weighted by molar-refractivity contribution is 7.47. The van der Waals surface area contributed by atoms with Gasteiger partial charge in [-0.2, -0.15) is 0 Å². The summed E-state index contributed by atoms with van der Waals surface area (Å²) >= 11 is 0. The number of rotatable bonds is 57. The molecule has 4 unspecified atom stereocenters. The van der Waals surface area contributed by atoms with Crippen LogP contribution < -0.4 is 0 Å². The molecule has 0 spiro atoms. The van der Waals surface area contributed by atoms with Gasteiger partial charge in [-0.3, -0.25) is 37.3 Å². The van der Waals surface area contributed by atoms with E-state index in [0.29, 0.717) is 37.5 Å². The van der Waals surface area contributed by atoms with E-state index in [4.69, 9.17) is 37.0 Å². The lowest BCUT2D eigenvalue weighted by atomic mass is 10.00. The Kier molecular flexibility index (Phi) is 49.3. The highest BCUT2D eigenvalue weighted by atomic mass is 31.2. The second-order valence-corrected chi connectivity index (χ2v) is 26.1. The molecule has 0 aliphatic heterocycles. The molecule has 3 N–H and O–H groups in total. The van der Waals surface area contributed by atoms with Crippen LogP contribution in [0.5, 0.6) is 0 Å². The third-order valence-corrected chi connectivity index (χ3v) is 16.2. The monoisotopic (exact) mass is 1170 g/mol. The molecule has 0 aliphatic carbocycles. The van der Waals surface area contributed by atoms with Crippen LogP contribution in [-0.4, -0.2) is 96.7 Å². The van der Waals surface area contributed by atoms with Gasteiger partial charge in [0.25, 0.3) is 0 Å². The molecule has 0 saturated carbocycles. The van der Waals surface area contributed by atoms with E-state index in [1.165, 1.54) is 70.6 Å². The van der Waals surface area contributed by atoms with Gasteiger partial charge in [0.1, 0.15) is 19.3 Å². The van der Waals surface area contributed by atoms with Crippen molar-refractivity contribution >= 4 is 39.5 Å². The van der Waals surface area contributed by atoms with E-state index in [1.54, 1.807) is 0 Å². The van der Waals surface area contributed by atoms with Gasteiger partial charge in [-0.05, 0) is 49.4 Å². The molecule has 0 bridgehead atoms. The van der Waals surface area contributed by atoms with Crippen molar-refractivity contribution in [2.45, 2.75) is 298 Å². The van der Waals surface area contributed by atoms with Crippen LogP contribution in [0.2, 0.25) is 0 Å². The molecular weight excluding hydrogens is 1050 g/mol. The Morgan fingerprint density at radius 3 is 0.899 bits per heavy atom. The van der Waals surface area contributed by atoms with E-state index in [1.807, 2.05) is 0 Å². The molecule has 0 rings (SSSR count). The highest BCUT2D eigenvalue weighted by Gasteiger charge is 2.30. The Hall–Kier alpha value is -1.94. The maximum atomic E-state index is 12.9. The minimum Gasteiger partial charge on any atom is -0.462 e. The lowest BCUT2D eigenvalue weighted by Crippen LogP contribution is -2.30. The summed E-state index contributed by atoms with van der Waals surface area (Å²) in [5.41, 5.74) is 0. The minimum absolute atomic E-state index is 0.100. The van der Waals surface area contributed by atoms with Crippen molar-refractivity contribution in [1.29, 1.82) is 0 Å². The van der Waals surface area contributed by atoms with Gasteiger partial charge in [0.05, 0.1) is 26.4 Å². The van der Waals surface area contributed by atoms with E-state index in [0.717, 1.165) is 115 Å². The Morgan fingerprint density at radius 1 is 0.354 bits per heavy atom. The zero-order chi connectivity index (χ0) is 59.0. The molecule has 19 heteroatoms. The number of carbonyl (C=O) groups excluding carboxylic acids is 4. The summed E-state index contributed by atoms with van der Waals surface area (Å²) in [6, 6.07) is 0. The molecular formula is C60H116O17P2. The van der Waals surface area contributed by atoms with E-state index < -0.39 is 97.5 Å². The van der Waals surface area contributed by atoms with Crippen molar-refractivity contribution in [2.24, 2.45) is 23.7 Å². The van der Waals surface area contributed by atoms with Crippen LogP contribution >= 0.6 is 15.6 Å². The fourth-order valence-electron chi connectivity index (χ4n) is 8.66. The summed E-state index contributed by atoms with van der Waals surface area (Å²) in [7, 11) is -9.88. The molecule has 0 amide bonds. The molecule has 0 heterocycles. The number of unbranched alkanes of at least 4 members (excludes halogenated alkanes) is 21. The predicted molar refractivity (Wildman–Crippen MR) is 312 cm³/mol. The topological polar surface area (TPSA) is 237 Å².